The number of allylic oxidation sites excluding steroid dienone is 2. The average Bonchev–Trinajstić information content (AvgIpc) is 2.86. The van der Waals surface area contributed by atoms with E-state index in [1.165, 1.54) is 25.1 Å². The van der Waals surface area contributed by atoms with Crippen LogP contribution in [0.1, 0.15) is 52.9 Å². The molecule has 1 aliphatic rings. The lowest BCUT2D eigenvalue weighted by Crippen LogP contribution is -2.54. The van der Waals surface area contributed by atoms with Crippen molar-refractivity contribution in [2.45, 2.75) is 52.9 Å². The quantitative estimate of drug-likeness (QED) is 0.376. The van der Waals surface area contributed by atoms with E-state index < -0.39 is 0 Å². The highest BCUT2D eigenvalue weighted by Crippen LogP contribution is 2.18. The van der Waals surface area contributed by atoms with E-state index in [-0.39, 0.29) is 5.91 Å². The zero-order chi connectivity index (χ0) is 15.6. The minimum Gasteiger partial charge on any atom is -0.351 e. The van der Waals surface area contributed by atoms with Gasteiger partial charge in [0.15, 0.2) is 5.84 Å². The van der Waals surface area contributed by atoms with E-state index >= 15 is 0 Å². The van der Waals surface area contributed by atoms with Crippen LogP contribution in [0.5, 0.6) is 0 Å². The molecule has 0 fully saturated rings. The summed E-state index contributed by atoms with van der Waals surface area (Å²) in [4.78, 5) is 15.8. The number of hydrogen-bond acceptors (Lipinski definition) is 2. The third-order valence-corrected chi connectivity index (χ3v) is 4.31. The first-order valence-corrected chi connectivity index (χ1v) is 8.44. The number of nitrogens with one attached hydrogen (secondary N) is 1. The van der Waals surface area contributed by atoms with Crippen molar-refractivity contribution in [1.82, 2.24) is 5.32 Å². The molecule has 1 atom stereocenters. The molecule has 0 spiro atoms. The van der Waals surface area contributed by atoms with Crippen molar-refractivity contribution < 1.29 is 9.28 Å². The molecule has 21 heavy (non-hydrogen) atoms. The molecule has 0 aliphatic carbocycles. The predicted molar refractivity (Wildman–Crippen MR) is 89.4 cm³/mol. The number of aliphatic imine (C=N–C) groups is 1. The average molecular weight is 294 g/mol. The fourth-order valence-electron chi connectivity index (χ4n) is 2.92. The van der Waals surface area contributed by atoms with Gasteiger partial charge in [0.05, 0.1) is 19.6 Å². The van der Waals surface area contributed by atoms with Crippen LogP contribution in [0.3, 0.4) is 0 Å². The highest BCUT2D eigenvalue weighted by Gasteiger charge is 2.35. The molecule has 1 aliphatic heterocycles. The van der Waals surface area contributed by atoms with Gasteiger partial charge in [-0.15, -0.1) is 0 Å². The maximum Gasteiger partial charge on any atom is 0.217 e. The predicted octanol–water partition coefficient (Wildman–Crippen LogP) is 2.90. The van der Waals surface area contributed by atoms with E-state index in [1.807, 2.05) is 0 Å². The molecule has 0 aromatic rings. The number of carbonyl (C=O) groups is 1. The van der Waals surface area contributed by atoms with Crippen molar-refractivity contribution in [3.8, 4) is 0 Å². The van der Waals surface area contributed by atoms with Crippen molar-refractivity contribution in [3.05, 3.63) is 12.2 Å². The molecule has 0 radical (unpaired) electrons. The Labute approximate surface area is 129 Å². The van der Waals surface area contributed by atoms with Gasteiger partial charge in [0.1, 0.15) is 13.1 Å². The molecule has 0 saturated heterocycles. The Bertz CT molecular complexity index is 376. The zero-order valence-corrected chi connectivity index (χ0v) is 14.0. The second kappa shape index (κ2) is 9.72. The SMILES string of the molecule is CCCC/C=C/CCC1=NCC[N+]1(CC)CCNC(C)=O. The normalized spacial score (nSPS) is 21.8. The van der Waals surface area contributed by atoms with E-state index in [9.17, 15) is 4.79 Å². The van der Waals surface area contributed by atoms with Crippen molar-refractivity contribution >= 4 is 11.7 Å². The Kier molecular flexibility index (Phi) is 8.28. The number of unbranched alkanes of at least 4 members (excludes halogenated alkanes) is 2. The molecule has 4 nitrogen and oxygen atoms in total. The van der Waals surface area contributed by atoms with Gasteiger partial charge in [-0.25, -0.2) is 4.99 Å². The second-order valence-corrected chi connectivity index (χ2v) is 5.84. The molecule has 0 aromatic carbocycles. The summed E-state index contributed by atoms with van der Waals surface area (Å²) >= 11 is 0. The van der Waals surface area contributed by atoms with Gasteiger partial charge < -0.3 is 5.32 Å². The van der Waals surface area contributed by atoms with Crippen LogP contribution in [0.2, 0.25) is 0 Å². The highest BCUT2D eigenvalue weighted by atomic mass is 16.1. The summed E-state index contributed by atoms with van der Waals surface area (Å²) in [6, 6.07) is 0. The van der Waals surface area contributed by atoms with Gasteiger partial charge in [-0.2, -0.15) is 0 Å². The molecule has 120 valence electrons. The molecule has 0 saturated carbocycles. The van der Waals surface area contributed by atoms with Gasteiger partial charge in [0, 0.05) is 13.3 Å². The lowest BCUT2D eigenvalue weighted by atomic mass is 10.2. The number of likely N-dealkylation sites (N-methyl/N-ethyl adjacent to an activating group) is 1. The van der Waals surface area contributed by atoms with Gasteiger partial charge in [-0.3, -0.25) is 9.28 Å². The lowest BCUT2D eigenvalue weighted by molar-refractivity contribution is -0.833. The van der Waals surface area contributed by atoms with Crippen LogP contribution in [0.15, 0.2) is 17.1 Å². The summed E-state index contributed by atoms with van der Waals surface area (Å²) in [7, 11) is 0. The van der Waals surface area contributed by atoms with Crippen LogP contribution in [0.4, 0.5) is 0 Å². The van der Waals surface area contributed by atoms with E-state index in [2.05, 4.69) is 31.3 Å². The number of quaternary nitrogens is 1. The molecule has 4 heteroatoms. The maximum absolute atomic E-state index is 11.0. The van der Waals surface area contributed by atoms with Gasteiger partial charge in [-0.05, 0) is 19.8 Å². The van der Waals surface area contributed by atoms with Gasteiger partial charge in [0.25, 0.3) is 0 Å². The van der Waals surface area contributed by atoms with Crippen LogP contribution < -0.4 is 5.32 Å². The first-order valence-electron chi connectivity index (χ1n) is 8.44. The van der Waals surface area contributed by atoms with Crippen molar-refractivity contribution in [3.63, 3.8) is 0 Å². The Morgan fingerprint density at radius 1 is 1.33 bits per heavy atom. The molecule has 1 amide bonds. The Morgan fingerprint density at radius 3 is 2.76 bits per heavy atom. The Hall–Kier alpha value is -1.16. The minimum absolute atomic E-state index is 0.0563. The highest BCUT2D eigenvalue weighted by molar-refractivity contribution is 5.77. The molecule has 0 bridgehead atoms. The molecule has 1 rings (SSSR count). The number of nitrogens with zero attached hydrogens (tertiary/aromatic N) is 2. The Morgan fingerprint density at radius 2 is 2.10 bits per heavy atom. The zero-order valence-electron chi connectivity index (χ0n) is 14.0. The van der Waals surface area contributed by atoms with Crippen molar-refractivity contribution in [2.75, 3.05) is 32.7 Å². The Balaban J connectivity index is 2.43. The molecule has 0 aromatic heterocycles. The van der Waals surface area contributed by atoms with Crippen LogP contribution in [0.25, 0.3) is 0 Å². The number of hydrogen-bond donors (Lipinski definition) is 1. The van der Waals surface area contributed by atoms with Crippen LogP contribution in [-0.2, 0) is 4.79 Å². The standard InChI is InChI=1S/C17H31N3O/c1-4-6-7-8-9-10-11-17-19-13-15-20(17,5-2)14-12-18-16(3)21/h8-9H,4-7,10-15H2,1-3H3/p+1/b9-8+. The summed E-state index contributed by atoms with van der Waals surface area (Å²) in [6.07, 6.45) is 10.5. The van der Waals surface area contributed by atoms with Crippen molar-refractivity contribution in [1.29, 1.82) is 0 Å². The summed E-state index contributed by atoms with van der Waals surface area (Å²) in [5.41, 5.74) is 0. The third-order valence-electron chi connectivity index (χ3n) is 4.31. The van der Waals surface area contributed by atoms with Gasteiger partial charge >= 0.3 is 0 Å². The van der Waals surface area contributed by atoms with Gasteiger partial charge in [-0.1, -0.05) is 31.9 Å². The first-order chi connectivity index (χ1) is 10.1. The summed E-state index contributed by atoms with van der Waals surface area (Å²) in [5, 5.41) is 2.92. The number of amidine groups is 1. The third kappa shape index (κ3) is 6.00. The fourth-order valence-corrected chi connectivity index (χ4v) is 2.92. The molecular weight excluding hydrogens is 262 g/mol. The number of rotatable bonds is 10. The maximum atomic E-state index is 11.0. The van der Waals surface area contributed by atoms with E-state index in [0.29, 0.717) is 0 Å². The largest absolute Gasteiger partial charge is 0.351 e. The smallest absolute Gasteiger partial charge is 0.217 e. The van der Waals surface area contributed by atoms with Crippen LogP contribution >= 0.6 is 0 Å². The minimum atomic E-state index is 0.0563. The number of carbonyl (C=O) groups excluding carboxylic acids is 1. The molecule has 1 unspecified atom stereocenters. The summed E-state index contributed by atoms with van der Waals surface area (Å²) in [6.45, 7) is 10.8. The summed E-state index contributed by atoms with van der Waals surface area (Å²) < 4.78 is 0.961. The summed E-state index contributed by atoms with van der Waals surface area (Å²) in [5.74, 6) is 1.38. The van der Waals surface area contributed by atoms with E-state index in [1.54, 1.807) is 6.92 Å². The monoisotopic (exact) mass is 294 g/mol. The second-order valence-electron chi connectivity index (χ2n) is 5.84. The van der Waals surface area contributed by atoms with E-state index in [4.69, 9.17) is 4.99 Å². The van der Waals surface area contributed by atoms with Crippen LogP contribution in [-0.4, -0.2) is 48.9 Å². The molecular formula is C17H32N3O+. The van der Waals surface area contributed by atoms with Crippen LogP contribution in [0, 0.1) is 0 Å². The number of amides is 1. The van der Waals surface area contributed by atoms with E-state index in [0.717, 1.165) is 50.0 Å². The molecule has 1 N–H and O–H groups in total. The first kappa shape index (κ1) is 17.9. The topological polar surface area (TPSA) is 41.5 Å². The van der Waals surface area contributed by atoms with Crippen molar-refractivity contribution in [2.24, 2.45) is 4.99 Å². The fraction of sp³-hybridized carbons (Fsp3) is 0.765. The molecule has 1 heterocycles. The van der Waals surface area contributed by atoms with Gasteiger partial charge in [0.2, 0.25) is 5.91 Å². The lowest BCUT2D eigenvalue weighted by Gasteiger charge is -2.33.